The minimum absolute atomic E-state index is 0.0123. The number of hydrogen-bond acceptors (Lipinski definition) is 4. The lowest BCUT2D eigenvalue weighted by atomic mass is 9.97. The van der Waals surface area contributed by atoms with E-state index in [0.29, 0.717) is 36.2 Å². The Kier molecular flexibility index (Phi) is 4.32. The average molecular weight is 399 g/mol. The summed E-state index contributed by atoms with van der Waals surface area (Å²) in [6.07, 6.45) is -3.11. The number of hydrogen-bond donors (Lipinski definition) is 0. The zero-order valence-corrected chi connectivity index (χ0v) is 15.6. The maximum absolute atomic E-state index is 13.1. The maximum atomic E-state index is 13.1. The van der Waals surface area contributed by atoms with Crippen molar-refractivity contribution in [1.29, 1.82) is 0 Å². The van der Waals surface area contributed by atoms with Crippen LogP contribution in [-0.2, 0) is 17.8 Å². The number of aromatic nitrogens is 3. The normalized spacial score (nSPS) is 17.0. The van der Waals surface area contributed by atoms with Crippen LogP contribution in [0.15, 0.2) is 24.5 Å². The summed E-state index contributed by atoms with van der Waals surface area (Å²) in [4.78, 5) is 10.2. The molecule has 27 heavy (non-hydrogen) atoms. The molecule has 1 fully saturated rings. The van der Waals surface area contributed by atoms with Crippen molar-refractivity contribution in [3.63, 3.8) is 0 Å². The Morgan fingerprint density at radius 3 is 2.67 bits per heavy atom. The molecule has 0 aliphatic carbocycles. The second-order valence-corrected chi connectivity index (χ2v) is 7.62. The van der Waals surface area contributed by atoms with Gasteiger partial charge in [0.25, 0.3) is 0 Å². The Hall–Kier alpha value is -1.90. The van der Waals surface area contributed by atoms with Gasteiger partial charge in [-0.1, -0.05) is 17.7 Å². The van der Waals surface area contributed by atoms with E-state index in [-0.39, 0.29) is 16.2 Å². The van der Waals surface area contributed by atoms with Gasteiger partial charge in [-0.3, -0.25) is 4.90 Å². The Labute approximate surface area is 158 Å². The maximum Gasteiger partial charge on any atom is 0.406 e. The lowest BCUT2D eigenvalue weighted by molar-refractivity contribution is -0.139. The van der Waals surface area contributed by atoms with Gasteiger partial charge >= 0.3 is 6.18 Å². The van der Waals surface area contributed by atoms with Crippen molar-refractivity contribution in [2.45, 2.75) is 31.7 Å². The van der Waals surface area contributed by atoms with Crippen molar-refractivity contribution >= 4 is 33.5 Å². The van der Waals surface area contributed by atoms with Gasteiger partial charge in [0, 0.05) is 11.9 Å². The summed E-state index contributed by atoms with van der Waals surface area (Å²) in [6.45, 7) is 2.96. The van der Waals surface area contributed by atoms with E-state index in [0.717, 1.165) is 10.1 Å². The first-order chi connectivity index (χ1) is 12.7. The van der Waals surface area contributed by atoms with E-state index < -0.39 is 12.7 Å². The molecule has 1 aromatic carbocycles. The summed E-state index contributed by atoms with van der Waals surface area (Å²) in [5, 5.41) is 0.651. The summed E-state index contributed by atoms with van der Waals surface area (Å²) >= 11 is 6.11. The Bertz CT molecular complexity index is 1010. The van der Waals surface area contributed by atoms with Crippen molar-refractivity contribution in [3.8, 4) is 0 Å². The molecule has 3 aromatic rings. The predicted octanol–water partition coefficient (Wildman–Crippen LogP) is 4.02. The average Bonchev–Trinajstić information content (AvgIpc) is 2.86. The lowest BCUT2D eigenvalue weighted by Crippen LogP contribution is -2.58. The zero-order valence-electron chi connectivity index (χ0n) is 14.8. The highest BCUT2D eigenvalue weighted by Gasteiger charge is 2.37. The molecule has 0 unspecified atom stereocenters. The third kappa shape index (κ3) is 3.26. The highest BCUT2D eigenvalue weighted by atomic mass is 35.5. The smallest absolute Gasteiger partial charge is 0.377 e. The fourth-order valence-electron chi connectivity index (χ4n) is 3.45. The van der Waals surface area contributed by atoms with E-state index in [1.54, 1.807) is 6.07 Å². The van der Waals surface area contributed by atoms with E-state index in [4.69, 9.17) is 16.3 Å². The molecule has 0 amide bonds. The monoisotopic (exact) mass is 398 g/mol. The topological polar surface area (TPSA) is 43.2 Å². The van der Waals surface area contributed by atoms with Crippen LogP contribution in [0.1, 0.15) is 12.5 Å². The first-order valence-electron chi connectivity index (χ1n) is 8.45. The van der Waals surface area contributed by atoms with Crippen molar-refractivity contribution in [2.24, 2.45) is 0 Å². The number of likely N-dealkylation sites (N-methyl/N-ethyl adjacent to an activating group) is 1. The van der Waals surface area contributed by atoms with Gasteiger partial charge < -0.3 is 9.30 Å². The third-order valence-corrected chi connectivity index (χ3v) is 5.44. The summed E-state index contributed by atoms with van der Waals surface area (Å²) in [5.74, 6) is 0. The van der Waals surface area contributed by atoms with E-state index in [9.17, 15) is 13.2 Å². The first-order valence-corrected chi connectivity index (χ1v) is 8.83. The molecule has 9 heteroatoms. The van der Waals surface area contributed by atoms with Gasteiger partial charge in [0.1, 0.15) is 23.9 Å². The van der Waals surface area contributed by atoms with Crippen molar-refractivity contribution in [1.82, 2.24) is 19.4 Å². The molecule has 144 valence electrons. The molecule has 1 aliphatic heterocycles. The van der Waals surface area contributed by atoms with Crippen molar-refractivity contribution < 1.29 is 17.9 Å². The van der Waals surface area contributed by atoms with Gasteiger partial charge in [-0.2, -0.15) is 13.2 Å². The summed E-state index contributed by atoms with van der Waals surface area (Å²) in [5.41, 5.74) is 2.03. The number of rotatable bonds is 4. The first kappa shape index (κ1) is 18.5. The molecule has 1 aliphatic rings. The van der Waals surface area contributed by atoms with Gasteiger partial charge in [0.2, 0.25) is 0 Å². The molecular formula is C18H18ClF3N4O. The molecule has 4 rings (SSSR count). The summed E-state index contributed by atoms with van der Waals surface area (Å²) in [7, 11) is 2.01. The van der Waals surface area contributed by atoms with E-state index in [1.165, 1.54) is 6.33 Å². The molecule has 0 saturated carbocycles. The van der Waals surface area contributed by atoms with Gasteiger partial charge in [0.05, 0.1) is 24.3 Å². The van der Waals surface area contributed by atoms with Crippen LogP contribution >= 0.6 is 11.6 Å². The predicted molar refractivity (Wildman–Crippen MR) is 96.8 cm³/mol. The fourth-order valence-corrected chi connectivity index (χ4v) is 3.68. The minimum Gasteiger partial charge on any atom is -0.377 e. The van der Waals surface area contributed by atoms with Crippen molar-refractivity contribution in [2.75, 3.05) is 20.3 Å². The van der Waals surface area contributed by atoms with Gasteiger partial charge in [0.15, 0.2) is 5.15 Å². The number of fused-ring (bicyclic) bond motifs is 3. The van der Waals surface area contributed by atoms with Crippen LogP contribution in [0.3, 0.4) is 0 Å². The van der Waals surface area contributed by atoms with Gasteiger partial charge in [-0.25, -0.2) is 9.97 Å². The second-order valence-electron chi connectivity index (χ2n) is 7.26. The fraction of sp³-hybridized carbons (Fsp3) is 0.444. The third-order valence-electron chi connectivity index (χ3n) is 5.16. The Balaban J connectivity index is 1.81. The molecule has 1 saturated heterocycles. The molecule has 5 nitrogen and oxygen atoms in total. The van der Waals surface area contributed by atoms with Gasteiger partial charge in [-0.15, -0.1) is 0 Å². The largest absolute Gasteiger partial charge is 0.406 e. The Morgan fingerprint density at radius 1 is 1.30 bits per heavy atom. The highest BCUT2D eigenvalue weighted by Crippen LogP contribution is 2.34. The molecule has 3 heterocycles. The van der Waals surface area contributed by atoms with Gasteiger partial charge in [-0.05, 0) is 31.7 Å². The quantitative estimate of drug-likeness (QED) is 0.622. The molecule has 0 atom stereocenters. The number of nitrogens with zero attached hydrogens (tertiary/aromatic N) is 4. The molecule has 0 bridgehead atoms. The highest BCUT2D eigenvalue weighted by molar-refractivity contribution is 6.34. The number of halogens is 4. The lowest BCUT2D eigenvalue weighted by Gasteiger charge is -2.45. The molecule has 2 aromatic heterocycles. The second kappa shape index (κ2) is 6.32. The van der Waals surface area contributed by atoms with E-state index in [2.05, 4.69) is 21.8 Å². The van der Waals surface area contributed by atoms with Crippen LogP contribution in [0.25, 0.3) is 21.9 Å². The van der Waals surface area contributed by atoms with Crippen LogP contribution in [0.5, 0.6) is 0 Å². The van der Waals surface area contributed by atoms with Crippen molar-refractivity contribution in [3.05, 3.63) is 35.2 Å². The molecular weight excluding hydrogens is 381 g/mol. The summed E-state index contributed by atoms with van der Waals surface area (Å²) < 4.78 is 45.8. The van der Waals surface area contributed by atoms with Crippen LogP contribution in [0, 0.1) is 0 Å². The molecule has 0 radical (unpaired) electrons. The molecule has 0 N–H and O–H groups in total. The van der Waals surface area contributed by atoms with Crippen LogP contribution in [0.4, 0.5) is 13.2 Å². The van der Waals surface area contributed by atoms with Crippen LogP contribution in [0.2, 0.25) is 5.15 Å². The minimum atomic E-state index is -4.38. The molecule has 0 spiro atoms. The number of benzene rings is 1. The standard InChI is InChI=1S/C18H18ClF3N4O/c1-17(8-27-9-17)25(2)6-11-3-4-13-12(5-11)14-15(16(19)24-10-23-14)26(13)7-18(20,21)22/h3-5,10H,6-9H2,1-2H3. The Morgan fingerprint density at radius 2 is 2.04 bits per heavy atom. The summed E-state index contributed by atoms with van der Waals surface area (Å²) in [6, 6.07) is 5.42. The zero-order chi connectivity index (χ0) is 19.4. The van der Waals surface area contributed by atoms with Crippen LogP contribution < -0.4 is 0 Å². The van der Waals surface area contributed by atoms with Crippen LogP contribution in [-0.4, -0.2) is 51.4 Å². The van der Waals surface area contributed by atoms with E-state index in [1.807, 2.05) is 19.2 Å². The number of alkyl halides is 3. The van der Waals surface area contributed by atoms with E-state index >= 15 is 0 Å². The SMILES string of the molecule is CN(Cc1ccc2c(c1)c1ncnc(Cl)c1n2CC(F)(F)F)C1(C)COC1. The number of ether oxygens (including phenoxy) is 1.